The summed E-state index contributed by atoms with van der Waals surface area (Å²) in [6, 6.07) is 8.29. The molecule has 0 bridgehead atoms. The Kier molecular flexibility index (Phi) is 6.39. The molecule has 0 aliphatic heterocycles. The fourth-order valence-electron chi connectivity index (χ4n) is 2.50. The summed E-state index contributed by atoms with van der Waals surface area (Å²) in [4.78, 5) is 12.9. The van der Waals surface area contributed by atoms with Crippen LogP contribution in [-0.4, -0.2) is 36.1 Å². The van der Waals surface area contributed by atoms with Crippen LogP contribution in [0.25, 0.3) is 0 Å². The third-order valence-corrected chi connectivity index (χ3v) is 4.76. The van der Waals surface area contributed by atoms with E-state index in [4.69, 9.17) is 0 Å². The van der Waals surface area contributed by atoms with Crippen LogP contribution in [-0.2, 0) is 0 Å². The number of rotatable bonds is 6. The van der Waals surface area contributed by atoms with Gasteiger partial charge >= 0.3 is 6.03 Å². The molecular weight excluding hydrogens is 284 g/mol. The van der Waals surface area contributed by atoms with Crippen LogP contribution in [0.3, 0.4) is 0 Å². The first-order chi connectivity index (χ1) is 10.1. The first kappa shape index (κ1) is 16.2. The van der Waals surface area contributed by atoms with E-state index in [0.29, 0.717) is 19.0 Å². The first-order valence-electron chi connectivity index (χ1n) is 7.52. The summed E-state index contributed by atoms with van der Waals surface area (Å²) < 4.78 is 0. The Morgan fingerprint density at radius 2 is 2.05 bits per heavy atom. The van der Waals surface area contributed by atoms with Crippen LogP contribution in [0.1, 0.15) is 24.8 Å². The highest BCUT2D eigenvalue weighted by atomic mass is 32.2. The number of carbonyl (C=O) groups excluding carboxylic acids is 1. The molecule has 21 heavy (non-hydrogen) atoms. The molecule has 2 atom stereocenters. The minimum Gasteiger partial charge on any atom is -0.393 e. The average molecular weight is 308 g/mol. The Labute approximate surface area is 130 Å². The van der Waals surface area contributed by atoms with Gasteiger partial charge in [-0.15, -0.1) is 11.8 Å². The highest BCUT2D eigenvalue weighted by Crippen LogP contribution is 2.24. The molecule has 0 heterocycles. The minimum atomic E-state index is -0.175. The maximum Gasteiger partial charge on any atom is 0.314 e. The third-order valence-electron chi connectivity index (χ3n) is 3.74. The van der Waals surface area contributed by atoms with Gasteiger partial charge in [0.2, 0.25) is 0 Å². The van der Waals surface area contributed by atoms with Gasteiger partial charge in [0.1, 0.15) is 0 Å². The lowest BCUT2D eigenvalue weighted by Gasteiger charge is -2.11. The lowest BCUT2D eigenvalue weighted by Crippen LogP contribution is -2.38. The lowest BCUT2D eigenvalue weighted by atomic mass is 10.1. The van der Waals surface area contributed by atoms with Crippen molar-refractivity contribution in [1.29, 1.82) is 0 Å². The standard InChI is InChI=1S/C16H24N2O2S/c1-12-2-6-15(7-3-12)21-9-8-17-16(20)18-11-13-4-5-14(19)10-13/h2-3,6-7,13-14,19H,4-5,8-11H2,1H3,(H2,17,18,20)/t13-,14+/m1/s1. The normalized spacial score (nSPS) is 21.2. The molecule has 0 saturated heterocycles. The van der Waals surface area contributed by atoms with Gasteiger partial charge in [-0.3, -0.25) is 0 Å². The molecule has 3 N–H and O–H groups in total. The van der Waals surface area contributed by atoms with Crippen molar-refractivity contribution >= 4 is 17.8 Å². The van der Waals surface area contributed by atoms with Crippen molar-refractivity contribution in [2.24, 2.45) is 5.92 Å². The number of nitrogens with one attached hydrogen (secondary N) is 2. The van der Waals surface area contributed by atoms with Crippen molar-refractivity contribution in [1.82, 2.24) is 10.6 Å². The van der Waals surface area contributed by atoms with Gasteiger partial charge in [0, 0.05) is 23.7 Å². The Hall–Kier alpha value is -1.20. The van der Waals surface area contributed by atoms with E-state index in [1.165, 1.54) is 10.5 Å². The number of amides is 2. The number of aliphatic hydroxyl groups excluding tert-OH is 1. The van der Waals surface area contributed by atoms with Crippen LogP contribution in [0.15, 0.2) is 29.2 Å². The number of aliphatic hydroxyl groups is 1. The Morgan fingerprint density at radius 3 is 2.71 bits per heavy atom. The summed E-state index contributed by atoms with van der Waals surface area (Å²) in [5.41, 5.74) is 1.26. The van der Waals surface area contributed by atoms with E-state index in [2.05, 4.69) is 41.8 Å². The molecule has 4 nitrogen and oxygen atoms in total. The summed E-state index contributed by atoms with van der Waals surface area (Å²) >= 11 is 1.74. The number of carbonyl (C=O) groups is 1. The molecule has 1 aromatic rings. The highest BCUT2D eigenvalue weighted by molar-refractivity contribution is 7.99. The summed E-state index contributed by atoms with van der Waals surface area (Å²) in [6.07, 6.45) is 2.50. The average Bonchev–Trinajstić information content (AvgIpc) is 2.89. The number of aryl methyl sites for hydroxylation is 1. The van der Waals surface area contributed by atoms with Gasteiger partial charge in [-0.2, -0.15) is 0 Å². The molecule has 0 unspecified atom stereocenters. The monoisotopic (exact) mass is 308 g/mol. The van der Waals surface area contributed by atoms with Crippen molar-refractivity contribution in [3.05, 3.63) is 29.8 Å². The molecule has 116 valence electrons. The summed E-state index contributed by atoms with van der Waals surface area (Å²) in [6.45, 7) is 3.38. The molecule has 1 saturated carbocycles. The number of urea groups is 1. The second kappa shape index (κ2) is 8.29. The van der Waals surface area contributed by atoms with Gasteiger partial charge in [0.05, 0.1) is 6.10 Å². The van der Waals surface area contributed by atoms with E-state index < -0.39 is 0 Å². The van der Waals surface area contributed by atoms with Crippen molar-refractivity contribution in [3.63, 3.8) is 0 Å². The SMILES string of the molecule is Cc1ccc(SCCNC(=O)NC[C@@H]2CC[C@H](O)C2)cc1. The van der Waals surface area contributed by atoms with Gasteiger partial charge in [0.25, 0.3) is 0 Å². The van der Waals surface area contributed by atoms with E-state index in [0.717, 1.165) is 25.0 Å². The molecule has 5 heteroatoms. The fourth-order valence-corrected chi connectivity index (χ4v) is 3.27. The third kappa shape index (κ3) is 5.98. The molecule has 2 rings (SSSR count). The van der Waals surface area contributed by atoms with Gasteiger partial charge in [-0.25, -0.2) is 4.79 Å². The second-order valence-electron chi connectivity index (χ2n) is 5.63. The van der Waals surface area contributed by atoms with Crippen LogP contribution < -0.4 is 10.6 Å². The number of hydrogen-bond donors (Lipinski definition) is 3. The Bertz CT molecular complexity index is 450. The molecule has 1 aliphatic carbocycles. The van der Waals surface area contributed by atoms with Gasteiger partial charge in [0.15, 0.2) is 0 Å². The molecule has 0 spiro atoms. The number of hydrogen-bond acceptors (Lipinski definition) is 3. The van der Waals surface area contributed by atoms with E-state index in [9.17, 15) is 9.90 Å². The quantitative estimate of drug-likeness (QED) is 0.559. The van der Waals surface area contributed by atoms with Crippen LogP contribution in [0, 0.1) is 12.8 Å². The van der Waals surface area contributed by atoms with Crippen LogP contribution >= 0.6 is 11.8 Å². The van der Waals surface area contributed by atoms with Gasteiger partial charge < -0.3 is 15.7 Å². The largest absolute Gasteiger partial charge is 0.393 e. The molecule has 1 aromatic carbocycles. The van der Waals surface area contributed by atoms with E-state index in [-0.39, 0.29) is 12.1 Å². The zero-order valence-electron chi connectivity index (χ0n) is 12.5. The van der Waals surface area contributed by atoms with Crippen molar-refractivity contribution < 1.29 is 9.90 Å². The number of benzene rings is 1. The Balaban J connectivity index is 1.54. The molecule has 1 fully saturated rings. The first-order valence-corrected chi connectivity index (χ1v) is 8.51. The summed E-state index contributed by atoms with van der Waals surface area (Å²) in [5.74, 6) is 1.28. The predicted octanol–water partition coefficient (Wildman–Crippen LogP) is 2.55. The van der Waals surface area contributed by atoms with Crippen molar-refractivity contribution in [3.8, 4) is 0 Å². The Morgan fingerprint density at radius 1 is 1.29 bits per heavy atom. The molecule has 1 aliphatic rings. The second-order valence-corrected chi connectivity index (χ2v) is 6.80. The van der Waals surface area contributed by atoms with Crippen molar-refractivity contribution in [2.45, 2.75) is 37.2 Å². The van der Waals surface area contributed by atoms with E-state index in [1.54, 1.807) is 11.8 Å². The predicted molar refractivity (Wildman–Crippen MR) is 86.7 cm³/mol. The topological polar surface area (TPSA) is 61.4 Å². The zero-order valence-corrected chi connectivity index (χ0v) is 13.3. The van der Waals surface area contributed by atoms with E-state index in [1.807, 2.05) is 0 Å². The van der Waals surface area contributed by atoms with Crippen LogP contribution in [0.5, 0.6) is 0 Å². The molecular formula is C16H24N2O2S. The smallest absolute Gasteiger partial charge is 0.314 e. The fraction of sp³-hybridized carbons (Fsp3) is 0.562. The maximum atomic E-state index is 11.6. The maximum absolute atomic E-state index is 11.6. The van der Waals surface area contributed by atoms with Crippen LogP contribution in [0.4, 0.5) is 4.79 Å². The highest BCUT2D eigenvalue weighted by Gasteiger charge is 2.22. The minimum absolute atomic E-state index is 0.110. The number of thioether (sulfide) groups is 1. The summed E-state index contributed by atoms with van der Waals surface area (Å²) in [7, 11) is 0. The zero-order chi connectivity index (χ0) is 15.1. The van der Waals surface area contributed by atoms with Crippen molar-refractivity contribution in [2.75, 3.05) is 18.8 Å². The lowest BCUT2D eigenvalue weighted by molar-refractivity contribution is 0.177. The van der Waals surface area contributed by atoms with Gasteiger partial charge in [-0.1, -0.05) is 17.7 Å². The van der Waals surface area contributed by atoms with Crippen LogP contribution in [0.2, 0.25) is 0 Å². The summed E-state index contributed by atoms with van der Waals surface area (Å²) in [5, 5.41) is 15.2. The molecule has 0 radical (unpaired) electrons. The van der Waals surface area contributed by atoms with Gasteiger partial charge in [-0.05, 0) is 44.2 Å². The molecule has 2 amide bonds. The van der Waals surface area contributed by atoms with E-state index >= 15 is 0 Å². The molecule has 0 aromatic heterocycles.